The first-order chi connectivity index (χ1) is 14.5. The van der Waals surface area contributed by atoms with Gasteiger partial charge in [-0.25, -0.2) is 4.79 Å². The van der Waals surface area contributed by atoms with Crippen molar-refractivity contribution in [3.63, 3.8) is 0 Å². The highest BCUT2D eigenvalue weighted by Crippen LogP contribution is 2.24. The van der Waals surface area contributed by atoms with Crippen molar-refractivity contribution in [3.8, 4) is 0 Å². The van der Waals surface area contributed by atoms with Crippen molar-refractivity contribution in [2.24, 2.45) is 0 Å². The molecule has 2 aromatic carbocycles. The van der Waals surface area contributed by atoms with Crippen LogP contribution in [0.1, 0.15) is 19.4 Å². The Bertz CT molecular complexity index is 863. The Hall–Kier alpha value is -3.06. The average molecular weight is 410 g/mol. The standard InChI is InChI=1S/C23H31N5O2/c1-4-27-12-14-28(15-13-27)20-10-11-21(17(2)16-20)24-18(3)22(29)26-23(30)25-19-8-6-5-7-9-19/h5-11,16,18,24H,4,12-15H2,1-3H3,(H2,25,26,29,30)/t18-/m0/s1. The highest BCUT2D eigenvalue weighted by atomic mass is 16.2. The lowest BCUT2D eigenvalue weighted by Crippen LogP contribution is -2.46. The second-order valence-corrected chi connectivity index (χ2v) is 7.60. The Labute approximate surface area is 178 Å². The van der Waals surface area contributed by atoms with Crippen LogP contribution in [-0.2, 0) is 4.79 Å². The van der Waals surface area contributed by atoms with E-state index >= 15 is 0 Å². The first-order valence-corrected chi connectivity index (χ1v) is 10.5. The molecule has 3 amide bonds. The normalized spacial score (nSPS) is 15.4. The zero-order valence-electron chi connectivity index (χ0n) is 17.9. The molecular weight excluding hydrogens is 378 g/mol. The number of hydrogen-bond donors (Lipinski definition) is 3. The molecule has 3 N–H and O–H groups in total. The molecule has 30 heavy (non-hydrogen) atoms. The van der Waals surface area contributed by atoms with Crippen LogP contribution < -0.4 is 20.9 Å². The predicted octanol–water partition coefficient (Wildman–Crippen LogP) is 3.29. The number of piperazine rings is 1. The molecule has 0 saturated carbocycles. The molecule has 1 aliphatic heterocycles. The molecule has 1 atom stereocenters. The van der Waals surface area contributed by atoms with Crippen LogP contribution in [0.4, 0.5) is 21.9 Å². The number of anilines is 3. The number of rotatable bonds is 6. The Morgan fingerprint density at radius 3 is 2.37 bits per heavy atom. The van der Waals surface area contributed by atoms with E-state index in [4.69, 9.17) is 0 Å². The number of benzene rings is 2. The van der Waals surface area contributed by atoms with E-state index in [1.54, 1.807) is 19.1 Å². The molecule has 1 saturated heterocycles. The van der Waals surface area contributed by atoms with Gasteiger partial charge in [0.2, 0.25) is 5.91 Å². The smallest absolute Gasteiger partial charge is 0.325 e. The Kier molecular flexibility index (Phi) is 7.30. The number of carbonyl (C=O) groups is 2. The van der Waals surface area contributed by atoms with Gasteiger partial charge in [0.15, 0.2) is 0 Å². The molecule has 7 nitrogen and oxygen atoms in total. The van der Waals surface area contributed by atoms with Crippen LogP contribution in [0.5, 0.6) is 0 Å². The fourth-order valence-corrected chi connectivity index (χ4v) is 3.53. The van der Waals surface area contributed by atoms with E-state index in [0.29, 0.717) is 5.69 Å². The first-order valence-electron chi connectivity index (χ1n) is 10.5. The molecule has 1 aliphatic rings. The minimum absolute atomic E-state index is 0.386. The van der Waals surface area contributed by atoms with Crippen molar-refractivity contribution in [2.45, 2.75) is 26.8 Å². The van der Waals surface area contributed by atoms with E-state index in [2.05, 4.69) is 44.8 Å². The monoisotopic (exact) mass is 409 g/mol. The quantitative estimate of drug-likeness (QED) is 0.683. The van der Waals surface area contributed by atoms with Gasteiger partial charge in [-0.1, -0.05) is 25.1 Å². The number of hydrogen-bond acceptors (Lipinski definition) is 5. The summed E-state index contributed by atoms with van der Waals surface area (Å²) in [6, 6.07) is 14.2. The maximum absolute atomic E-state index is 12.4. The Balaban J connectivity index is 1.53. The summed E-state index contributed by atoms with van der Waals surface area (Å²) in [5.74, 6) is -0.386. The van der Waals surface area contributed by atoms with Gasteiger partial charge in [0, 0.05) is 43.2 Å². The summed E-state index contributed by atoms with van der Waals surface area (Å²) in [5, 5.41) is 8.23. The molecule has 0 bridgehead atoms. The van der Waals surface area contributed by atoms with Gasteiger partial charge in [0.25, 0.3) is 0 Å². The van der Waals surface area contributed by atoms with Gasteiger partial charge in [-0.05, 0) is 56.3 Å². The lowest BCUT2D eigenvalue weighted by Gasteiger charge is -2.35. The van der Waals surface area contributed by atoms with Crippen LogP contribution in [0.15, 0.2) is 48.5 Å². The van der Waals surface area contributed by atoms with Crippen molar-refractivity contribution < 1.29 is 9.59 Å². The molecule has 160 valence electrons. The van der Waals surface area contributed by atoms with Crippen LogP contribution in [0, 0.1) is 6.92 Å². The van der Waals surface area contributed by atoms with E-state index in [1.807, 2.05) is 31.2 Å². The second-order valence-electron chi connectivity index (χ2n) is 7.60. The summed E-state index contributed by atoms with van der Waals surface area (Å²) in [6.45, 7) is 11.3. The molecule has 2 aromatic rings. The molecule has 0 radical (unpaired) electrons. The predicted molar refractivity (Wildman–Crippen MR) is 122 cm³/mol. The second kappa shape index (κ2) is 10.1. The summed E-state index contributed by atoms with van der Waals surface area (Å²) >= 11 is 0. The molecule has 0 spiro atoms. The SMILES string of the molecule is CCN1CCN(c2ccc(N[C@@H](C)C(=O)NC(=O)Nc3ccccc3)c(C)c2)CC1. The number of urea groups is 1. The number of carbonyl (C=O) groups excluding carboxylic acids is 2. The van der Waals surface area contributed by atoms with Crippen LogP contribution >= 0.6 is 0 Å². The minimum Gasteiger partial charge on any atom is -0.374 e. The number of likely N-dealkylation sites (N-methyl/N-ethyl adjacent to an activating group) is 1. The number of para-hydroxylation sites is 1. The summed E-state index contributed by atoms with van der Waals surface area (Å²) in [4.78, 5) is 29.3. The van der Waals surface area contributed by atoms with Gasteiger partial charge in [0.1, 0.15) is 6.04 Å². The zero-order chi connectivity index (χ0) is 21.5. The maximum Gasteiger partial charge on any atom is 0.325 e. The summed E-state index contributed by atoms with van der Waals surface area (Å²) in [7, 11) is 0. The maximum atomic E-state index is 12.4. The number of aryl methyl sites for hydroxylation is 1. The van der Waals surface area contributed by atoms with Gasteiger partial charge < -0.3 is 20.4 Å². The zero-order valence-corrected chi connectivity index (χ0v) is 17.9. The fraction of sp³-hybridized carbons (Fsp3) is 0.391. The number of nitrogens with zero attached hydrogens (tertiary/aromatic N) is 2. The van der Waals surface area contributed by atoms with Gasteiger partial charge >= 0.3 is 6.03 Å². The molecule has 1 fully saturated rings. The van der Waals surface area contributed by atoms with Crippen molar-refractivity contribution in [2.75, 3.05) is 48.3 Å². The van der Waals surface area contributed by atoms with E-state index in [1.165, 1.54) is 5.69 Å². The average Bonchev–Trinajstić information content (AvgIpc) is 2.75. The van der Waals surface area contributed by atoms with E-state index in [-0.39, 0.29) is 5.91 Å². The van der Waals surface area contributed by atoms with Crippen molar-refractivity contribution in [1.82, 2.24) is 10.2 Å². The van der Waals surface area contributed by atoms with Gasteiger partial charge in [-0.15, -0.1) is 0 Å². The lowest BCUT2D eigenvalue weighted by atomic mass is 10.1. The third-order valence-electron chi connectivity index (χ3n) is 5.43. The third kappa shape index (κ3) is 5.73. The van der Waals surface area contributed by atoms with Crippen molar-refractivity contribution >= 4 is 29.0 Å². The van der Waals surface area contributed by atoms with Crippen LogP contribution in [0.3, 0.4) is 0 Å². The molecule has 0 unspecified atom stereocenters. The molecule has 0 aromatic heterocycles. The molecule has 0 aliphatic carbocycles. The summed E-state index contributed by atoms with van der Waals surface area (Å²) < 4.78 is 0. The Morgan fingerprint density at radius 2 is 1.73 bits per heavy atom. The van der Waals surface area contributed by atoms with Crippen molar-refractivity contribution in [1.29, 1.82) is 0 Å². The van der Waals surface area contributed by atoms with Crippen LogP contribution in [0.25, 0.3) is 0 Å². The number of nitrogens with one attached hydrogen (secondary N) is 3. The summed E-state index contributed by atoms with van der Waals surface area (Å²) in [6.07, 6.45) is 0. The topological polar surface area (TPSA) is 76.7 Å². The van der Waals surface area contributed by atoms with E-state index in [0.717, 1.165) is 44.0 Å². The van der Waals surface area contributed by atoms with Gasteiger partial charge in [-0.2, -0.15) is 0 Å². The minimum atomic E-state index is -0.552. The lowest BCUT2D eigenvalue weighted by molar-refractivity contribution is -0.120. The highest BCUT2D eigenvalue weighted by molar-refractivity contribution is 6.03. The van der Waals surface area contributed by atoms with Crippen molar-refractivity contribution in [3.05, 3.63) is 54.1 Å². The van der Waals surface area contributed by atoms with E-state index in [9.17, 15) is 9.59 Å². The molecule has 3 rings (SSSR count). The molecule has 7 heteroatoms. The number of imide groups is 1. The van der Waals surface area contributed by atoms with Gasteiger partial charge in [-0.3, -0.25) is 10.1 Å². The largest absolute Gasteiger partial charge is 0.374 e. The highest BCUT2D eigenvalue weighted by Gasteiger charge is 2.19. The third-order valence-corrected chi connectivity index (χ3v) is 5.43. The fourth-order valence-electron chi connectivity index (χ4n) is 3.53. The van der Waals surface area contributed by atoms with Gasteiger partial charge in [0.05, 0.1) is 0 Å². The van der Waals surface area contributed by atoms with Crippen LogP contribution in [0.2, 0.25) is 0 Å². The van der Waals surface area contributed by atoms with Crippen LogP contribution in [-0.4, -0.2) is 55.6 Å². The van der Waals surface area contributed by atoms with E-state index < -0.39 is 12.1 Å². The number of amides is 3. The first kappa shape index (κ1) is 21.6. The molecule has 1 heterocycles. The molecular formula is C23H31N5O2. The summed E-state index contributed by atoms with van der Waals surface area (Å²) in [5.41, 5.74) is 3.79. The Morgan fingerprint density at radius 1 is 1.03 bits per heavy atom.